The first-order valence-corrected chi connectivity index (χ1v) is 5.64. The summed E-state index contributed by atoms with van der Waals surface area (Å²) in [6, 6.07) is 6.65. The summed E-state index contributed by atoms with van der Waals surface area (Å²) >= 11 is 0. The van der Waals surface area contributed by atoms with Crippen molar-refractivity contribution in [3.05, 3.63) is 30.1 Å². The summed E-state index contributed by atoms with van der Waals surface area (Å²) in [5, 5.41) is 1.01. The largest absolute Gasteiger partial charge is 0.414 e. The van der Waals surface area contributed by atoms with Crippen LogP contribution in [-0.4, -0.2) is 15.4 Å². The normalized spacial score (nSPS) is 12.6. The fourth-order valence-corrected chi connectivity index (χ4v) is 2.04. The minimum absolute atomic E-state index is 0.113. The molecule has 0 fully saturated rings. The Kier molecular flexibility index (Phi) is 3.22. The van der Waals surface area contributed by atoms with Gasteiger partial charge >= 0.3 is 0 Å². The third-order valence-electron chi connectivity index (χ3n) is 1.56. The minimum Gasteiger partial charge on any atom is -0.414 e. The van der Waals surface area contributed by atoms with Crippen LogP contribution in [0.3, 0.4) is 0 Å². The van der Waals surface area contributed by atoms with Crippen LogP contribution >= 0.6 is 0 Å². The van der Waals surface area contributed by atoms with Gasteiger partial charge in [0, 0.05) is 5.60 Å². The summed E-state index contributed by atoms with van der Waals surface area (Å²) in [6.45, 7) is 6.04. The van der Waals surface area contributed by atoms with Crippen molar-refractivity contribution >= 4 is 14.9 Å². The Morgan fingerprint density at radius 3 is 2.54 bits per heavy atom. The molecular weight excluding hydrogens is 183 g/mol. The maximum atomic E-state index is 12.8. The molecule has 0 aromatic heterocycles. The smallest absolute Gasteiger partial charge is 0.193 e. The number of rotatable bonds is 2. The zero-order valence-electron chi connectivity index (χ0n) is 8.30. The molecule has 0 spiro atoms. The van der Waals surface area contributed by atoms with Crippen LogP contribution in [-0.2, 0) is 4.43 Å². The molecule has 13 heavy (non-hydrogen) atoms. The second kappa shape index (κ2) is 4.02. The molecule has 0 aliphatic carbocycles. The molecule has 72 valence electrons. The van der Waals surface area contributed by atoms with Gasteiger partial charge < -0.3 is 4.43 Å². The van der Waals surface area contributed by atoms with E-state index in [4.69, 9.17) is 4.43 Å². The third-order valence-corrected chi connectivity index (χ3v) is 3.34. The van der Waals surface area contributed by atoms with E-state index in [0.29, 0.717) is 0 Å². The quantitative estimate of drug-likeness (QED) is 0.652. The Bertz CT molecular complexity index is 280. The molecular formula is C10H15FOSi. The first kappa shape index (κ1) is 10.4. The molecule has 0 N–H and O–H groups in total. The molecule has 0 radical (unpaired) electrons. The molecule has 0 aliphatic heterocycles. The lowest BCUT2D eigenvalue weighted by Gasteiger charge is -2.19. The van der Waals surface area contributed by atoms with Crippen molar-refractivity contribution in [2.45, 2.75) is 26.4 Å². The molecule has 1 nitrogen and oxygen atoms in total. The highest BCUT2D eigenvalue weighted by Gasteiger charge is 2.09. The van der Waals surface area contributed by atoms with E-state index in [0.717, 1.165) is 5.19 Å². The standard InChI is InChI=1S/C10H15FOSi/c1-10(2,3)12-13-9-6-4-5-8(11)7-9/h4-7H,13H2,1-3H3. The van der Waals surface area contributed by atoms with Gasteiger partial charge in [-0.25, -0.2) is 4.39 Å². The van der Waals surface area contributed by atoms with E-state index in [1.165, 1.54) is 6.07 Å². The molecule has 3 heteroatoms. The Balaban J connectivity index is 2.55. The monoisotopic (exact) mass is 198 g/mol. The molecule has 0 saturated carbocycles. The highest BCUT2D eigenvalue weighted by molar-refractivity contribution is 6.46. The molecule has 0 atom stereocenters. The number of hydrogen-bond acceptors (Lipinski definition) is 1. The SMILES string of the molecule is CC(C)(C)O[SiH2]c1cccc(F)c1. The zero-order chi connectivity index (χ0) is 9.90. The molecule has 1 aromatic carbocycles. The van der Waals surface area contributed by atoms with Gasteiger partial charge in [0.25, 0.3) is 0 Å². The Hall–Kier alpha value is -0.673. The van der Waals surface area contributed by atoms with Crippen LogP contribution in [0.2, 0.25) is 0 Å². The van der Waals surface area contributed by atoms with E-state index in [-0.39, 0.29) is 11.4 Å². The lowest BCUT2D eigenvalue weighted by atomic mass is 10.2. The minimum atomic E-state index is -0.777. The lowest BCUT2D eigenvalue weighted by Crippen LogP contribution is -2.28. The first-order valence-electron chi connectivity index (χ1n) is 4.36. The topological polar surface area (TPSA) is 9.23 Å². The van der Waals surface area contributed by atoms with E-state index < -0.39 is 9.76 Å². The fourth-order valence-electron chi connectivity index (χ4n) is 0.927. The van der Waals surface area contributed by atoms with Gasteiger partial charge in [-0.3, -0.25) is 0 Å². The summed E-state index contributed by atoms with van der Waals surface area (Å²) in [7, 11) is -0.777. The van der Waals surface area contributed by atoms with Crippen molar-refractivity contribution < 1.29 is 8.82 Å². The zero-order valence-corrected chi connectivity index (χ0v) is 9.72. The van der Waals surface area contributed by atoms with Crippen LogP contribution in [0.1, 0.15) is 20.8 Å². The second-order valence-corrected chi connectivity index (χ2v) is 5.42. The molecule has 0 bridgehead atoms. The van der Waals surface area contributed by atoms with Gasteiger partial charge in [-0.05, 0) is 38.1 Å². The van der Waals surface area contributed by atoms with Crippen LogP contribution in [0.4, 0.5) is 4.39 Å². The molecule has 0 unspecified atom stereocenters. The maximum absolute atomic E-state index is 12.8. The van der Waals surface area contributed by atoms with Crippen molar-refractivity contribution in [3.8, 4) is 0 Å². The predicted octanol–water partition coefficient (Wildman–Crippen LogP) is 1.35. The van der Waals surface area contributed by atoms with Gasteiger partial charge in [-0.1, -0.05) is 12.1 Å². The molecule has 1 aromatic rings. The van der Waals surface area contributed by atoms with Crippen molar-refractivity contribution in [1.82, 2.24) is 0 Å². The van der Waals surface area contributed by atoms with E-state index in [9.17, 15) is 4.39 Å². The Labute approximate surface area is 80.9 Å². The predicted molar refractivity (Wildman–Crippen MR) is 55.4 cm³/mol. The Morgan fingerprint density at radius 1 is 1.31 bits per heavy atom. The summed E-state index contributed by atoms with van der Waals surface area (Å²) in [5.74, 6) is -0.178. The summed E-state index contributed by atoms with van der Waals surface area (Å²) < 4.78 is 18.4. The maximum Gasteiger partial charge on any atom is 0.193 e. The lowest BCUT2D eigenvalue weighted by molar-refractivity contribution is 0.142. The third kappa shape index (κ3) is 4.19. The van der Waals surface area contributed by atoms with Gasteiger partial charge in [0.1, 0.15) is 5.82 Å². The van der Waals surface area contributed by atoms with Crippen LogP contribution in [0, 0.1) is 5.82 Å². The van der Waals surface area contributed by atoms with E-state index in [1.54, 1.807) is 12.1 Å². The van der Waals surface area contributed by atoms with Crippen LogP contribution in [0.15, 0.2) is 24.3 Å². The van der Waals surface area contributed by atoms with E-state index in [1.807, 2.05) is 26.8 Å². The van der Waals surface area contributed by atoms with Gasteiger partial charge in [0.2, 0.25) is 0 Å². The van der Waals surface area contributed by atoms with Crippen LogP contribution in [0.25, 0.3) is 0 Å². The van der Waals surface area contributed by atoms with Crippen molar-refractivity contribution in [2.75, 3.05) is 0 Å². The van der Waals surface area contributed by atoms with Crippen molar-refractivity contribution in [1.29, 1.82) is 0 Å². The Morgan fingerprint density at radius 2 is 2.00 bits per heavy atom. The number of hydrogen-bond donors (Lipinski definition) is 0. The van der Waals surface area contributed by atoms with Gasteiger partial charge in [0.15, 0.2) is 9.76 Å². The summed E-state index contributed by atoms with van der Waals surface area (Å²) in [4.78, 5) is 0. The summed E-state index contributed by atoms with van der Waals surface area (Å²) in [6.07, 6.45) is 0. The average Bonchev–Trinajstić information content (AvgIpc) is 2.00. The van der Waals surface area contributed by atoms with Crippen molar-refractivity contribution in [2.24, 2.45) is 0 Å². The van der Waals surface area contributed by atoms with Gasteiger partial charge in [-0.15, -0.1) is 0 Å². The second-order valence-electron chi connectivity index (χ2n) is 4.03. The molecule has 0 saturated heterocycles. The van der Waals surface area contributed by atoms with Crippen LogP contribution < -0.4 is 5.19 Å². The number of benzene rings is 1. The highest BCUT2D eigenvalue weighted by Crippen LogP contribution is 2.04. The molecule has 1 rings (SSSR count). The summed E-state index contributed by atoms with van der Waals surface area (Å²) in [5.41, 5.74) is -0.113. The molecule has 0 heterocycles. The van der Waals surface area contributed by atoms with Gasteiger partial charge in [-0.2, -0.15) is 0 Å². The van der Waals surface area contributed by atoms with Crippen molar-refractivity contribution in [3.63, 3.8) is 0 Å². The number of halogens is 1. The molecule has 0 amide bonds. The van der Waals surface area contributed by atoms with E-state index in [2.05, 4.69) is 0 Å². The highest BCUT2D eigenvalue weighted by atomic mass is 28.2. The molecule has 0 aliphatic rings. The van der Waals surface area contributed by atoms with Gasteiger partial charge in [0.05, 0.1) is 0 Å². The fraction of sp³-hybridized carbons (Fsp3) is 0.400. The van der Waals surface area contributed by atoms with E-state index >= 15 is 0 Å². The first-order chi connectivity index (χ1) is 5.97. The van der Waals surface area contributed by atoms with Crippen LogP contribution in [0.5, 0.6) is 0 Å². The average molecular weight is 198 g/mol.